The molecule has 1 N–H and O–H groups in total. The first kappa shape index (κ1) is 24.5. The van der Waals surface area contributed by atoms with Crippen LogP contribution in [0.15, 0.2) is 18.2 Å². The number of fused-ring (bicyclic) bond motifs is 1. The number of sulfone groups is 1. The van der Waals surface area contributed by atoms with Gasteiger partial charge in [0.15, 0.2) is 9.84 Å². The number of nitrogens with one attached hydrogen (secondary N) is 1. The predicted octanol–water partition coefficient (Wildman–Crippen LogP) is 3.55. The molecule has 1 aromatic carbocycles. The molecule has 33 heavy (non-hydrogen) atoms. The number of nitriles is 1. The minimum atomic E-state index is -3.49. The molecule has 0 amide bonds. The average Bonchev–Trinajstić information content (AvgIpc) is 3.11. The Balaban J connectivity index is 2.45. The molecule has 0 bridgehead atoms. The van der Waals surface area contributed by atoms with Crippen LogP contribution in [-0.4, -0.2) is 53.8 Å². The number of imidazole rings is 1. The van der Waals surface area contributed by atoms with Crippen LogP contribution in [0.5, 0.6) is 0 Å². The molecule has 3 rings (SSSR count). The van der Waals surface area contributed by atoms with Crippen molar-refractivity contribution >= 4 is 32.6 Å². The molecule has 0 aliphatic rings. The number of hydrogen-bond acceptors (Lipinski definition) is 8. The minimum Gasteiger partial charge on any atom is -0.358 e. The first-order chi connectivity index (χ1) is 15.4. The molecule has 0 radical (unpaired) electrons. The van der Waals surface area contributed by atoms with Gasteiger partial charge < -0.3 is 10.2 Å². The molecule has 9 nitrogen and oxygen atoms in total. The summed E-state index contributed by atoms with van der Waals surface area (Å²) in [6.45, 7) is 12.1. The number of anilines is 2. The van der Waals surface area contributed by atoms with Gasteiger partial charge in [-0.05, 0) is 59.7 Å². The number of nitrogens with zero attached hydrogens (tertiary/aromatic N) is 6. The number of aromatic nitrogens is 4. The van der Waals surface area contributed by atoms with E-state index < -0.39 is 14.6 Å². The Kier molecular flexibility index (Phi) is 6.40. The molecule has 0 saturated carbocycles. The van der Waals surface area contributed by atoms with Crippen LogP contribution in [0.2, 0.25) is 0 Å². The topological polar surface area (TPSA) is 117 Å². The van der Waals surface area contributed by atoms with Gasteiger partial charge in [0.05, 0.1) is 28.4 Å². The highest BCUT2D eigenvalue weighted by molar-refractivity contribution is 7.91. The van der Waals surface area contributed by atoms with Gasteiger partial charge in [-0.15, -0.1) is 0 Å². The summed E-state index contributed by atoms with van der Waals surface area (Å²) in [5, 5.41) is 12.3. The van der Waals surface area contributed by atoms with Crippen molar-refractivity contribution in [3.8, 4) is 12.0 Å². The Labute approximate surface area is 195 Å². The third-order valence-corrected chi connectivity index (χ3v) is 8.10. The van der Waals surface area contributed by atoms with Crippen molar-refractivity contribution in [1.29, 1.82) is 5.26 Å². The quantitative estimate of drug-likeness (QED) is 0.558. The number of rotatable bonds is 7. The zero-order valence-corrected chi connectivity index (χ0v) is 21.2. The monoisotopic (exact) mass is 469 g/mol. The van der Waals surface area contributed by atoms with Crippen LogP contribution in [0.25, 0.3) is 17.0 Å². The van der Waals surface area contributed by atoms with Crippen LogP contribution in [0.1, 0.15) is 51.4 Å². The highest BCUT2D eigenvalue weighted by Gasteiger charge is 2.37. The summed E-state index contributed by atoms with van der Waals surface area (Å²) in [5.41, 5.74) is 3.00. The molecule has 0 unspecified atom stereocenters. The van der Waals surface area contributed by atoms with Gasteiger partial charge in [0.1, 0.15) is 10.6 Å². The van der Waals surface area contributed by atoms with Crippen molar-refractivity contribution in [3.05, 3.63) is 35.0 Å². The van der Waals surface area contributed by atoms with Gasteiger partial charge in [-0.2, -0.15) is 10.2 Å². The van der Waals surface area contributed by atoms with E-state index in [1.807, 2.05) is 13.8 Å². The van der Waals surface area contributed by atoms with E-state index in [4.69, 9.17) is 9.97 Å². The van der Waals surface area contributed by atoms with Gasteiger partial charge in [0.2, 0.25) is 11.9 Å². The molecule has 2 heterocycles. The van der Waals surface area contributed by atoms with E-state index in [-0.39, 0.29) is 6.04 Å². The molecule has 0 atom stereocenters. The second-order valence-electron chi connectivity index (χ2n) is 8.82. The Morgan fingerprint density at radius 1 is 1.24 bits per heavy atom. The van der Waals surface area contributed by atoms with Crippen molar-refractivity contribution in [3.63, 3.8) is 0 Å². The number of benzene rings is 1. The average molecular weight is 470 g/mol. The lowest BCUT2D eigenvalue weighted by atomic mass is 10.0. The first-order valence-electron chi connectivity index (χ1n) is 10.8. The third-order valence-electron chi connectivity index (χ3n) is 6.05. The third kappa shape index (κ3) is 4.13. The maximum atomic E-state index is 12.8. The van der Waals surface area contributed by atoms with E-state index in [1.165, 1.54) is 6.26 Å². The second-order valence-corrected chi connectivity index (χ2v) is 11.4. The van der Waals surface area contributed by atoms with Crippen LogP contribution in [0.3, 0.4) is 0 Å². The summed E-state index contributed by atoms with van der Waals surface area (Å²) in [6, 6.07) is 7.49. The molecule has 0 spiro atoms. The molecule has 10 heteroatoms. The van der Waals surface area contributed by atoms with Gasteiger partial charge >= 0.3 is 0 Å². The van der Waals surface area contributed by atoms with Crippen LogP contribution in [-0.2, 0) is 14.6 Å². The van der Waals surface area contributed by atoms with Crippen molar-refractivity contribution in [2.75, 3.05) is 30.1 Å². The van der Waals surface area contributed by atoms with Crippen molar-refractivity contribution in [2.24, 2.45) is 0 Å². The molecule has 0 aliphatic carbocycles. The van der Waals surface area contributed by atoms with Gasteiger partial charge in [0.25, 0.3) is 0 Å². The fourth-order valence-corrected chi connectivity index (χ4v) is 4.46. The lowest BCUT2D eigenvalue weighted by molar-refractivity contribution is 0.553. The van der Waals surface area contributed by atoms with Crippen LogP contribution in [0, 0.1) is 18.3 Å². The molecule has 0 aliphatic heterocycles. The second kappa shape index (κ2) is 8.63. The summed E-state index contributed by atoms with van der Waals surface area (Å²) in [5.74, 6) is 1.49. The molecule has 2 aromatic heterocycles. The summed E-state index contributed by atoms with van der Waals surface area (Å²) in [6.07, 6.45) is 1.23. The van der Waals surface area contributed by atoms with Crippen LogP contribution < -0.4 is 10.2 Å². The molecule has 3 aromatic rings. The van der Waals surface area contributed by atoms with Crippen LogP contribution in [0.4, 0.5) is 11.8 Å². The van der Waals surface area contributed by atoms with Crippen molar-refractivity contribution in [1.82, 2.24) is 19.5 Å². The molecular weight excluding hydrogens is 438 g/mol. The summed E-state index contributed by atoms with van der Waals surface area (Å²) in [4.78, 5) is 16.4. The molecular formula is C23H31N7O2S. The van der Waals surface area contributed by atoms with E-state index in [0.29, 0.717) is 46.6 Å². The zero-order chi connectivity index (χ0) is 24.7. The Hall–Kier alpha value is -3.19. The van der Waals surface area contributed by atoms with Gasteiger partial charge in [-0.1, -0.05) is 0 Å². The standard InChI is InChI=1S/C23H31N7O2S/c1-9-29(14(2)3)20-15(4)19(23(5,6)33(8,31)32)27-22(28-20)30-18-11-10-16(13-24)12-17(18)26-21(30)25-7/h10-12,14H,9H2,1-8H3,(H,25,26). The van der Waals surface area contributed by atoms with Crippen molar-refractivity contribution < 1.29 is 8.42 Å². The lowest BCUT2D eigenvalue weighted by Crippen LogP contribution is -2.35. The zero-order valence-electron chi connectivity index (χ0n) is 20.4. The first-order valence-corrected chi connectivity index (χ1v) is 12.7. The molecule has 176 valence electrons. The summed E-state index contributed by atoms with van der Waals surface area (Å²) >= 11 is 0. The Morgan fingerprint density at radius 3 is 2.42 bits per heavy atom. The fraction of sp³-hybridized carbons (Fsp3) is 0.478. The predicted molar refractivity (Wildman–Crippen MR) is 132 cm³/mol. The van der Waals surface area contributed by atoms with E-state index in [1.54, 1.807) is 43.7 Å². The largest absolute Gasteiger partial charge is 0.358 e. The SMILES string of the molecule is CCN(c1nc(-n2c(NC)nc3cc(C#N)ccc32)nc(C(C)(C)S(C)(=O)=O)c1C)C(C)C. The summed E-state index contributed by atoms with van der Waals surface area (Å²) in [7, 11) is -1.74. The van der Waals surface area contributed by atoms with Gasteiger partial charge in [-0.3, -0.25) is 0 Å². The maximum Gasteiger partial charge on any atom is 0.239 e. The molecule has 0 saturated heterocycles. The van der Waals surface area contributed by atoms with Gasteiger partial charge in [0, 0.05) is 31.5 Å². The van der Waals surface area contributed by atoms with Crippen LogP contribution >= 0.6 is 0 Å². The smallest absolute Gasteiger partial charge is 0.239 e. The van der Waals surface area contributed by atoms with E-state index in [0.717, 1.165) is 5.56 Å². The Morgan fingerprint density at radius 2 is 1.91 bits per heavy atom. The highest BCUT2D eigenvalue weighted by Crippen LogP contribution is 2.35. The van der Waals surface area contributed by atoms with E-state index in [9.17, 15) is 13.7 Å². The van der Waals surface area contributed by atoms with E-state index in [2.05, 4.69) is 35.1 Å². The normalized spacial score (nSPS) is 12.2. The molecule has 0 fully saturated rings. The highest BCUT2D eigenvalue weighted by atomic mass is 32.2. The minimum absolute atomic E-state index is 0.145. The van der Waals surface area contributed by atoms with E-state index >= 15 is 0 Å². The lowest BCUT2D eigenvalue weighted by Gasteiger charge is -2.31. The fourth-order valence-electron chi connectivity index (χ4n) is 3.91. The summed E-state index contributed by atoms with van der Waals surface area (Å²) < 4.78 is 26.0. The van der Waals surface area contributed by atoms with Gasteiger partial charge in [-0.25, -0.2) is 23.0 Å². The Bertz CT molecular complexity index is 1350. The maximum absolute atomic E-state index is 12.8. The number of hydrogen-bond donors (Lipinski definition) is 1. The van der Waals surface area contributed by atoms with Crippen molar-refractivity contribution in [2.45, 2.75) is 52.3 Å².